The Labute approximate surface area is 162 Å². The zero-order valence-corrected chi connectivity index (χ0v) is 14.9. The molecule has 0 aromatic heterocycles. The van der Waals surface area contributed by atoms with Crippen molar-refractivity contribution in [2.24, 2.45) is 0 Å². The predicted octanol–water partition coefficient (Wildman–Crippen LogP) is 6.35. The van der Waals surface area contributed by atoms with Crippen molar-refractivity contribution in [3.05, 3.63) is 97.1 Å². The molecule has 4 aromatic carbocycles. The van der Waals surface area contributed by atoms with Crippen LogP contribution >= 0.6 is 0 Å². The lowest BCUT2D eigenvalue weighted by Crippen LogP contribution is -1.87. The predicted molar refractivity (Wildman–Crippen MR) is 108 cm³/mol. The van der Waals surface area contributed by atoms with E-state index in [0.29, 0.717) is 23.0 Å². The van der Waals surface area contributed by atoms with E-state index in [9.17, 15) is 10.2 Å². The van der Waals surface area contributed by atoms with E-state index in [1.54, 1.807) is 48.5 Å². The molecule has 0 atom stereocenters. The minimum Gasteiger partial charge on any atom is -0.508 e. The summed E-state index contributed by atoms with van der Waals surface area (Å²) in [5, 5.41) is 18.8. The summed E-state index contributed by atoms with van der Waals surface area (Å²) in [6.07, 6.45) is 0. The monoisotopic (exact) mass is 370 g/mol. The lowest BCUT2D eigenvalue weighted by Gasteiger charge is -2.10. The molecule has 0 radical (unpaired) electrons. The number of hydrogen-bond donors (Lipinski definition) is 2. The van der Waals surface area contributed by atoms with Gasteiger partial charge in [0.05, 0.1) is 0 Å². The second-order valence-electron chi connectivity index (χ2n) is 6.25. The Morgan fingerprint density at radius 1 is 0.429 bits per heavy atom. The Balaban J connectivity index is 1.55. The topological polar surface area (TPSA) is 58.9 Å². The quantitative estimate of drug-likeness (QED) is 0.430. The largest absolute Gasteiger partial charge is 0.508 e. The van der Waals surface area contributed by atoms with Crippen LogP contribution < -0.4 is 9.47 Å². The maximum Gasteiger partial charge on any atom is 0.128 e. The standard InChI is InChI=1S/C24H18O4/c25-19-7-11-21(12-8-19)27-23-5-1-3-17(15-23)18-4-2-6-24(16-18)28-22-13-9-20(26)10-14-22/h1-16,25-26H. The lowest BCUT2D eigenvalue weighted by molar-refractivity contribution is 0.464. The van der Waals surface area contributed by atoms with Gasteiger partial charge < -0.3 is 19.7 Å². The molecule has 0 heterocycles. The third-order valence-corrected chi connectivity index (χ3v) is 4.15. The van der Waals surface area contributed by atoms with Crippen molar-refractivity contribution in [1.29, 1.82) is 0 Å². The van der Waals surface area contributed by atoms with Crippen LogP contribution in [0.1, 0.15) is 0 Å². The highest BCUT2D eigenvalue weighted by Gasteiger charge is 2.05. The second kappa shape index (κ2) is 7.76. The molecule has 0 aliphatic carbocycles. The molecule has 0 saturated heterocycles. The van der Waals surface area contributed by atoms with Gasteiger partial charge in [-0.25, -0.2) is 0 Å². The molecule has 138 valence electrons. The van der Waals surface area contributed by atoms with Gasteiger partial charge in [0.15, 0.2) is 0 Å². The van der Waals surface area contributed by atoms with Gasteiger partial charge in [-0.1, -0.05) is 24.3 Å². The minimum absolute atomic E-state index is 0.201. The van der Waals surface area contributed by atoms with Crippen LogP contribution in [0.4, 0.5) is 0 Å². The Kier molecular flexibility index (Phi) is 4.85. The van der Waals surface area contributed by atoms with E-state index in [-0.39, 0.29) is 11.5 Å². The van der Waals surface area contributed by atoms with Crippen molar-refractivity contribution >= 4 is 0 Å². The first-order valence-electron chi connectivity index (χ1n) is 8.80. The summed E-state index contributed by atoms with van der Waals surface area (Å²) in [7, 11) is 0. The molecular formula is C24H18O4. The third-order valence-electron chi connectivity index (χ3n) is 4.15. The fraction of sp³-hybridized carbons (Fsp3) is 0. The molecular weight excluding hydrogens is 352 g/mol. The van der Waals surface area contributed by atoms with Crippen LogP contribution in [0.2, 0.25) is 0 Å². The number of hydrogen-bond acceptors (Lipinski definition) is 4. The molecule has 0 unspecified atom stereocenters. The molecule has 4 aromatic rings. The van der Waals surface area contributed by atoms with Crippen LogP contribution in [-0.2, 0) is 0 Å². The van der Waals surface area contributed by atoms with Crippen molar-refractivity contribution in [2.45, 2.75) is 0 Å². The average molecular weight is 370 g/mol. The van der Waals surface area contributed by atoms with Crippen molar-refractivity contribution in [2.75, 3.05) is 0 Å². The van der Waals surface area contributed by atoms with Gasteiger partial charge in [0.1, 0.15) is 34.5 Å². The molecule has 0 aliphatic heterocycles. The highest BCUT2D eigenvalue weighted by molar-refractivity contribution is 5.67. The Morgan fingerprint density at radius 3 is 1.21 bits per heavy atom. The minimum atomic E-state index is 0.201. The second-order valence-corrected chi connectivity index (χ2v) is 6.25. The van der Waals surface area contributed by atoms with Crippen molar-refractivity contribution in [3.63, 3.8) is 0 Å². The van der Waals surface area contributed by atoms with E-state index in [4.69, 9.17) is 9.47 Å². The highest BCUT2D eigenvalue weighted by atomic mass is 16.5. The van der Waals surface area contributed by atoms with Crippen LogP contribution in [-0.4, -0.2) is 10.2 Å². The molecule has 2 N–H and O–H groups in total. The van der Waals surface area contributed by atoms with Gasteiger partial charge in [0.2, 0.25) is 0 Å². The molecule has 0 amide bonds. The number of phenols is 2. The molecule has 28 heavy (non-hydrogen) atoms. The molecule has 0 bridgehead atoms. The first kappa shape index (κ1) is 17.5. The number of rotatable bonds is 5. The van der Waals surface area contributed by atoms with Gasteiger partial charge in [-0.15, -0.1) is 0 Å². The first-order valence-corrected chi connectivity index (χ1v) is 8.80. The van der Waals surface area contributed by atoms with Crippen molar-refractivity contribution in [1.82, 2.24) is 0 Å². The van der Waals surface area contributed by atoms with E-state index in [1.807, 2.05) is 48.5 Å². The maximum absolute atomic E-state index is 9.38. The SMILES string of the molecule is Oc1ccc(Oc2cccc(-c3cccc(Oc4ccc(O)cc4)c3)c2)cc1. The van der Waals surface area contributed by atoms with Crippen molar-refractivity contribution in [3.8, 4) is 45.6 Å². The summed E-state index contributed by atoms with van der Waals surface area (Å²) < 4.78 is 11.7. The van der Waals surface area contributed by atoms with Crippen LogP contribution in [0.15, 0.2) is 97.1 Å². The number of ether oxygens (including phenoxy) is 2. The smallest absolute Gasteiger partial charge is 0.128 e. The molecule has 0 fully saturated rings. The molecule has 0 aliphatic rings. The summed E-state index contributed by atoms with van der Waals surface area (Å²) in [6, 6.07) is 28.7. The Morgan fingerprint density at radius 2 is 0.821 bits per heavy atom. The van der Waals surface area contributed by atoms with Gasteiger partial charge in [0.25, 0.3) is 0 Å². The number of benzene rings is 4. The average Bonchev–Trinajstić information content (AvgIpc) is 2.72. The summed E-state index contributed by atoms with van der Waals surface area (Å²) in [5.74, 6) is 3.11. The molecule has 4 heteroatoms. The summed E-state index contributed by atoms with van der Waals surface area (Å²) in [6.45, 7) is 0. The number of phenolic OH excluding ortho intramolecular Hbond substituents is 2. The maximum atomic E-state index is 9.38. The highest BCUT2D eigenvalue weighted by Crippen LogP contribution is 2.31. The van der Waals surface area contributed by atoms with Crippen LogP contribution in [0.3, 0.4) is 0 Å². The zero-order chi connectivity index (χ0) is 19.3. The van der Waals surface area contributed by atoms with Crippen LogP contribution in [0.5, 0.6) is 34.5 Å². The third kappa shape index (κ3) is 4.24. The summed E-state index contributed by atoms with van der Waals surface area (Å²) in [4.78, 5) is 0. The van der Waals surface area contributed by atoms with Crippen LogP contribution in [0, 0.1) is 0 Å². The fourth-order valence-electron chi connectivity index (χ4n) is 2.78. The Bertz CT molecular complexity index is 981. The van der Waals surface area contributed by atoms with Gasteiger partial charge >= 0.3 is 0 Å². The van der Waals surface area contributed by atoms with Gasteiger partial charge in [0, 0.05) is 0 Å². The molecule has 0 saturated carbocycles. The normalized spacial score (nSPS) is 10.4. The summed E-state index contributed by atoms with van der Waals surface area (Å²) in [5.41, 5.74) is 1.99. The van der Waals surface area contributed by atoms with Crippen LogP contribution in [0.25, 0.3) is 11.1 Å². The van der Waals surface area contributed by atoms with E-state index in [0.717, 1.165) is 11.1 Å². The van der Waals surface area contributed by atoms with Gasteiger partial charge in [-0.3, -0.25) is 0 Å². The molecule has 4 rings (SSSR count). The fourth-order valence-corrected chi connectivity index (χ4v) is 2.78. The Hall–Kier alpha value is -3.92. The molecule has 0 spiro atoms. The first-order chi connectivity index (χ1) is 13.7. The van der Waals surface area contributed by atoms with Gasteiger partial charge in [-0.2, -0.15) is 0 Å². The summed E-state index contributed by atoms with van der Waals surface area (Å²) >= 11 is 0. The molecule has 4 nitrogen and oxygen atoms in total. The van der Waals surface area contributed by atoms with E-state index < -0.39 is 0 Å². The van der Waals surface area contributed by atoms with E-state index in [1.165, 1.54) is 0 Å². The van der Waals surface area contributed by atoms with Crippen molar-refractivity contribution < 1.29 is 19.7 Å². The van der Waals surface area contributed by atoms with E-state index >= 15 is 0 Å². The zero-order valence-electron chi connectivity index (χ0n) is 14.9. The number of aromatic hydroxyl groups is 2. The lowest BCUT2D eigenvalue weighted by atomic mass is 10.1. The van der Waals surface area contributed by atoms with Gasteiger partial charge in [-0.05, 0) is 83.9 Å². The van der Waals surface area contributed by atoms with E-state index in [2.05, 4.69) is 0 Å².